The molecule has 0 aliphatic rings. The molecular weight excluding hydrogens is 228 g/mol. The fourth-order valence-corrected chi connectivity index (χ4v) is 1.81. The van der Waals surface area contributed by atoms with Gasteiger partial charge in [-0.3, -0.25) is 4.79 Å². The monoisotopic (exact) mass is 250 g/mol. The Morgan fingerprint density at radius 2 is 2.06 bits per heavy atom. The number of rotatable bonds is 9. The number of benzene rings is 1. The smallest absolute Gasteiger partial charge is 0.298 e. The van der Waals surface area contributed by atoms with Gasteiger partial charge in [0.15, 0.2) is 0 Å². The van der Waals surface area contributed by atoms with Gasteiger partial charge in [-0.2, -0.15) is 0 Å². The predicted molar refractivity (Wildman–Crippen MR) is 71.9 cm³/mol. The van der Waals surface area contributed by atoms with Gasteiger partial charge in [0.2, 0.25) is 0 Å². The third-order valence-electron chi connectivity index (χ3n) is 3.02. The molecule has 0 heterocycles. The quantitative estimate of drug-likeness (QED) is 0.625. The maximum absolute atomic E-state index is 10.3. The van der Waals surface area contributed by atoms with Crippen molar-refractivity contribution in [2.75, 3.05) is 6.61 Å². The number of carbonyl (C=O) groups excluding carboxylic acids is 1. The van der Waals surface area contributed by atoms with Crippen molar-refractivity contribution in [1.82, 2.24) is 0 Å². The maximum atomic E-state index is 10.3. The third kappa shape index (κ3) is 5.21. The highest BCUT2D eigenvalue weighted by Crippen LogP contribution is 2.21. The zero-order valence-electron chi connectivity index (χ0n) is 11.2. The highest BCUT2D eigenvalue weighted by molar-refractivity contribution is 5.46. The van der Waals surface area contributed by atoms with E-state index in [9.17, 15) is 4.79 Å². The van der Waals surface area contributed by atoms with Crippen LogP contribution in [0.2, 0.25) is 0 Å². The lowest BCUT2D eigenvalue weighted by atomic mass is 10.0. The van der Waals surface area contributed by atoms with E-state index in [4.69, 9.17) is 9.47 Å². The molecule has 0 aromatic heterocycles. The van der Waals surface area contributed by atoms with E-state index in [0.29, 0.717) is 18.1 Å². The van der Waals surface area contributed by atoms with Crippen molar-refractivity contribution < 1.29 is 14.3 Å². The molecule has 1 aromatic carbocycles. The summed E-state index contributed by atoms with van der Waals surface area (Å²) in [6.07, 6.45) is 4.80. The Morgan fingerprint density at radius 1 is 1.28 bits per heavy atom. The van der Waals surface area contributed by atoms with E-state index in [-0.39, 0.29) is 0 Å². The molecule has 0 saturated heterocycles. The van der Waals surface area contributed by atoms with Crippen LogP contribution in [0.15, 0.2) is 24.3 Å². The molecule has 1 aromatic rings. The van der Waals surface area contributed by atoms with Gasteiger partial charge in [-0.15, -0.1) is 0 Å². The van der Waals surface area contributed by atoms with E-state index in [1.165, 1.54) is 19.3 Å². The fraction of sp³-hybridized carbons (Fsp3) is 0.533. The zero-order chi connectivity index (χ0) is 13.2. The van der Waals surface area contributed by atoms with Gasteiger partial charge in [0, 0.05) is 6.07 Å². The van der Waals surface area contributed by atoms with Gasteiger partial charge in [-0.05, 0) is 24.5 Å². The van der Waals surface area contributed by atoms with E-state index >= 15 is 0 Å². The Labute approximate surface area is 109 Å². The van der Waals surface area contributed by atoms with Crippen molar-refractivity contribution in [2.24, 2.45) is 5.92 Å². The van der Waals surface area contributed by atoms with E-state index < -0.39 is 0 Å². The van der Waals surface area contributed by atoms with E-state index in [1.54, 1.807) is 12.1 Å². The predicted octanol–water partition coefficient (Wildman–Crippen LogP) is 3.82. The second kappa shape index (κ2) is 8.56. The molecule has 0 saturated carbocycles. The first kappa shape index (κ1) is 14.6. The van der Waals surface area contributed by atoms with Crippen molar-refractivity contribution in [3.05, 3.63) is 24.3 Å². The number of hydrogen-bond acceptors (Lipinski definition) is 3. The number of carbonyl (C=O) groups is 1. The standard InChI is InChI=1S/C15H22O3/c1-3-5-7-13(4-2)11-17-14-8-6-9-15(10-14)18-12-16/h6,8-10,12-13H,3-5,7,11H2,1-2H3. The Kier molecular flexibility index (Phi) is 6.92. The highest BCUT2D eigenvalue weighted by atomic mass is 16.5. The van der Waals surface area contributed by atoms with Crippen LogP contribution in [0.3, 0.4) is 0 Å². The molecule has 1 unspecified atom stereocenters. The molecule has 0 amide bonds. The average molecular weight is 250 g/mol. The molecule has 0 aliphatic carbocycles. The summed E-state index contributed by atoms with van der Waals surface area (Å²) in [7, 11) is 0. The van der Waals surface area contributed by atoms with Gasteiger partial charge in [-0.25, -0.2) is 0 Å². The molecule has 18 heavy (non-hydrogen) atoms. The Morgan fingerprint density at radius 3 is 2.72 bits per heavy atom. The zero-order valence-corrected chi connectivity index (χ0v) is 11.2. The van der Waals surface area contributed by atoms with Crippen LogP contribution >= 0.6 is 0 Å². The first-order chi connectivity index (χ1) is 8.80. The van der Waals surface area contributed by atoms with Crippen LogP contribution < -0.4 is 9.47 Å². The van der Waals surface area contributed by atoms with Crippen molar-refractivity contribution in [2.45, 2.75) is 39.5 Å². The number of ether oxygens (including phenoxy) is 2. The average Bonchev–Trinajstić information content (AvgIpc) is 2.40. The summed E-state index contributed by atoms with van der Waals surface area (Å²) in [5.74, 6) is 1.87. The molecular formula is C15H22O3. The SMILES string of the molecule is CCCCC(CC)COc1cccc(OC=O)c1. The van der Waals surface area contributed by atoms with Gasteiger partial charge < -0.3 is 9.47 Å². The molecule has 1 rings (SSSR count). The largest absolute Gasteiger partial charge is 0.493 e. The van der Waals surface area contributed by atoms with Crippen molar-refractivity contribution >= 4 is 6.47 Å². The molecule has 0 bridgehead atoms. The maximum Gasteiger partial charge on any atom is 0.298 e. The van der Waals surface area contributed by atoms with Crippen LogP contribution in [0.5, 0.6) is 11.5 Å². The van der Waals surface area contributed by atoms with Crippen LogP contribution in [0, 0.1) is 5.92 Å². The Bertz CT molecular complexity index is 349. The number of unbranched alkanes of at least 4 members (excludes halogenated alkanes) is 1. The van der Waals surface area contributed by atoms with Gasteiger partial charge in [0.05, 0.1) is 6.61 Å². The minimum atomic E-state index is 0.426. The molecule has 0 radical (unpaired) electrons. The first-order valence-corrected chi connectivity index (χ1v) is 6.63. The molecule has 0 spiro atoms. The summed E-state index contributed by atoms with van der Waals surface area (Å²) in [6.45, 7) is 5.54. The van der Waals surface area contributed by atoms with Crippen LogP contribution in [0.4, 0.5) is 0 Å². The Balaban J connectivity index is 2.45. The summed E-state index contributed by atoms with van der Waals surface area (Å²) < 4.78 is 10.5. The molecule has 1 atom stereocenters. The summed E-state index contributed by atoms with van der Waals surface area (Å²) >= 11 is 0. The van der Waals surface area contributed by atoms with E-state index in [2.05, 4.69) is 13.8 Å². The normalized spacial score (nSPS) is 11.9. The van der Waals surface area contributed by atoms with Gasteiger partial charge in [0.25, 0.3) is 6.47 Å². The van der Waals surface area contributed by atoms with Crippen LogP contribution in [-0.4, -0.2) is 13.1 Å². The Hall–Kier alpha value is -1.51. The molecule has 0 N–H and O–H groups in total. The van der Waals surface area contributed by atoms with E-state index in [0.717, 1.165) is 18.8 Å². The minimum Gasteiger partial charge on any atom is -0.493 e. The van der Waals surface area contributed by atoms with Gasteiger partial charge >= 0.3 is 0 Å². The summed E-state index contributed by atoms with van der Waals surface area (Å²) in [4.78, 5) is 10.3. The van der Waals surface area contributed by atoms with E-state index in [1.807, 2.05) is 12.1 Å². The summed E-state index contributed by atoms with van der Waals surface area (Å²) in [5, 5.41) is 0. The molecule has 100 valence electrons. The first-order valence-electron chi connectivity index (χ1n) is 6.63. The number of hydrogen-bond donors (Lipinski definition) is 0. The topological polar surface area (TPSA) is 35.5 Å². The van der Waals surface area contributed by atoms with Gasteiger partial charge in [0.1, 0.15) is 11.5 Å². The second-order valence-electron chi connectivity index (χ2n) is 4.42. The van der Waals surface area contributed by atoms with Crippen molar-refractivity contribution in [3.63, 3.8) is 0 Å². The van der Waals surface area contributed by atoms with Crippen LogP contribution in [-0.2, 0) is 4.79 Å². The van der Waals surface area contributed by atoms with Crippen molar-refractivity contribution in [1.29, 1.82) is 0 Å². The fourth-order valence-electron chi connectivity index (χ4n) is 1.81. The third-order valence-corrected chi connectivity index (χ3v) is 3.02. The molecule has 0 aliphatic heterocycles. The highest BCUT2D eigenvalue weighted by Gasteiger charge is 2.07. The van der Waals surface area contributed by atoms with Gasteiger partial charge in [-0.1, -0.05) is 39.2 Å². The van der Waals surface area contributed by atoms with Crippen molar-refractivity contribution in [3.8, 4) is 11.5 Å². The summed E-state index contributed by atoms with van der Waals surface area (Å²) in [5.41, 5.74) is 0. The molecule has 0 fully saturated rings. The lowest BCUT2D eigenvalue weighted by Crippen LogP contribution is -2.11. The lowest BCUT2D eigenvalue weighted by molar-refractivity contribution is -0.120. The van der Waals surface area contributed by atoms with Crippen LogP contribution in [0.25, 0.3) is 0 Å². The molecule has 3 nitrogen and oxygen atoms in total. The van der Waals surface area contributed by atoms with Crippen LogP contribution in [0.1, 0.15) is 39.5 Å². The molecule has 3 heteroatoms. The summed E-state index contributed by atoms with van der Waals surface area (Å²) in [6, 6.07) is 7.17. The lowest BCUT2D eigenvalue weighted by Gasteiger charge is -2.15. The second-order valence-corrected chi connectivity index (χ2v) is 4.42. The minimum absolute atomic E-state index is 0.426.